The summed E-state index contributed by atoms with van der Waals surface area (Å²) < 4.78 is 41.5. The molecule has 0 aliphatic heterocycles. The fourth-order valence-electron chi connectivity index (χ4n) is 3.68. The summed E-state index contributed by atoms with van der Waals surface area (Å²) in [5.74, 6) is 0.703. The zero-order chi connectivity index (χ0) is 21.5. The molecule has 0 unspecified atom stereocenters. The standard InChI is InChI=1S/C22H21ClN2O4S/c1-4-25-19-8-6-5-7-15(19)16-11-14(9-10-20(16)25)30(26,27)24-18-12-17(23)21(28-2)13-22(18)29-3/h5-13,24H,4H2,1-3H3. The van der Waals surface area contributed by atoms with Crippen molar-refractivity contribution in [3.05, 3.63) is 59.6 Å². The minimum atomic E-state index is -3.88. The summed E-state index contributed by atoms with van der Waals surface area (Å²) in [5.41, 5.74) is 2.29. The highest BCUT2D eigenvalue weighted by atomic mass is 35.5. The molecule has 0 bridgehead atoms. The lowest BCUT2D eigenvalue weighted by Crippen LogP contribution is -2.13. The van der Waals surface area contributed by atoms with Crippen molar-refractivity contribution in [2.45, 2.75) is 18.4 Å². The summed E-state index contributed by atoms with van der Waals surface area (Å²) in [6.07, 6.45) is 0. The molecule has 0 saturated carbocycles. The van der Waals surface area contributed by atoms with Crippen LogP contribution in [0.4, 0.5) is 5.69 Å². The Kier molecular flexibility index (Phi) is 5.26. The summed E-state index contributed by atoms with van der Waals surface area (Å²) in [4.78, 5) is 0.156. The van der Waals surface area contributed by atoms with Gasteiger partial charge in [0.05, 0.1) is 29.8 Å². The second kappa shape index (κ2) is 7.74. The minimum absolute atomic E-state index is 0.156. The van der Waals surface area contributed by atoms with Crippen LogP contribution in [0.25, 0.3) is 21.8 Å². The van der Waals surface area contributed by atoms with Gasteiger partial charge in [-0.2, -0.15) is 0 Å². The Morgan fingerprint density at radius 1 is 0.933 bits per heavy atom. The molecule has 4 aromatic rings. The van der Waals surface area contributed by atoms with Gasteiger partial charge in [-0.25, -0.2) is 8.42 Å². The predicted molar refractivity (Wildman–Crippen MR) is 120 cm³/mol. The Labute approximate surface area is 180 Å². The van der Waals surface area contributed by atoms with Crippen LogP contribution in [0.5, 0.6) is 11.5 Å². The van der Waals surface area contributed by atoms with Gasteiger partial charge in [0.1, 0.15) is 11.5 Å². The lowest BCUT2D eigenvalue weighted by Gasteiger charge is -2.14. The summed E-state index contributed by atoms with van der Waals surface area (Å²) in [7, 11) is -0.949. The van der Waals surface area contributed by atoms with Crippen LogP contribution < -0.4 is 14.2 Å². The highest BCUT2D eigenvalue weighted by Crippen LogP contribution is 2.37. The average molecular weight is 445 g/mol. The number of aryl methyl sites for hydroxylation is 1. The van der Waals surface area contributed by atoms with Crippen molar-refractivity contribution in [1.29, 1.82) is 0 Å². The molecule has 3 aromatic carbocycles. The molecule has 0 atom stereocenters. The van der Waals surface area contributed by atoms with E-state index in [-0.39, 0.29) is 15.6 Å². The molecule has 6 nitrogen and oxygen atoms in total. The summed E-state index contributed by atoms with van der Waals surface area (Å²) >= 11 is 6.18. The van der Waals surface area contributed by atoms with Gasteiger partial charge in [0.15, 0.2) is 0 Å². The first-order valence-electron chi connectivity index (χ1n) is 9.35. The third kappa shape index (κ3) is 3.34. The first-order valence-corrected chi connectivity index (χ1v) is 11.2. The largest absolute Gasteiger partial charge is 0.495 e. The third-order valence-electron chi connectivity index (χ3n) is 5.09. The number of ether oxygens (including phenoxy) is 2. The second-order valence-corrected chi connectivity index (χ2v) is 8.82. The molecule has 0 aliphatic carbocycles. The van der Waals surface area contributed by atoms with Crippen LogP contribution in [0.2, 0.25) is 5.02 Å². The summed E-state index contributed by atoms with van der Waals surface area (Å²) in [5, 5.41) is 2.17. The minimum Gasteiger partial charge on any atom is -0.495 e. The molecule has 4 rings (SSSR count). The quantitative estimate of drug-likeness (QED) is 0.439. The van der Waals surface area contributed by atoms with E-state index in [0.717, 1.165) is 28.4 Å². The van der Waals surface area contributed by atoms with Crippen molar-refractivity contribution in [1.82, 2.24) is 4.57 Å². The predicted octanol–water partition coefficient (Wildman–Crippen LogP) is 5.29. The number of para-hydroxylation sites is 1. The zero-order valence-corrected chi connectivity index (χ0v) is 18.3. The van der Waals surface area contributed by atoms with Gasteiger partial charge in [0, 0.05) is 34.4 Å². The number of nitrogens with one attached hydrogen (secondary N) is 1. The molecule has 1 N–H and O–H groups in total. The molecular weight excluding hydrogens is 424 g/mol. The SMILES string of the molecule is CCn1c2ccccc2c2cc(S(=O)(=O)Nc3cc(Cl)c(OC)cc3OC)ccc21. The third-order valence-corrected chi connectivity index (χ3v) is 6.75. The maximum absolute atomic E-state index is 13.1. The van der Waals surface area contributed by atoms with Gasteiger partial charge in [-0.05, 0) is 37.3 Å². The molecule has 1 aromatic heterocycles. The van der Waals surface area contributed by atoms with Crippen molar-refractivity contribution in [3.8, 4) is 11.5 Å². The van der Waals surface area contributed by atoms with E-state index in [4.69, 9.17) is 21.1 Å². The molecule has 156 valence electrons. The normalized spacial score (nSPS) is 11.7. The van der Waals surface area contributed by atoms with Crippen molar-refractivity contribution in [2.24, 2.45) is 0 Å². The number of hydrogen-bond acceptors (Lipinski definition) is 4. The lowest BCUT2D eigenvalue weighted by molar-refractivity contribution is 0.396. The Morgan fingerprint density at radius 3 is 2.33 bits per heavy atom. The maximum Gasteiger partial charge on any atom is 0.262 e. The van der Waals surface area contributed by atoms with Crippen LogP contribution >= 0.6 is 11.6 Å². The van der Waals surface area contributed by atoms with Crippen LogP contribution in [0.1, 0.15) is 6.92 Å². The number of fused-ring (bicyclic) bond motifs is 3. The molecule has 0 radical (unpaired) electrons. The van der Waals surface area contributed by atoms with Gasteiger partial charge in [0.2, 0.25) is 0 Å². The number of benzene rings is 3. The number of anilines is 1. The van der Waals surface area contributed by atoms with Gasteiger partial charge in [-0.15, -0.1) is 0 Å². The number of hydrogen-bond donors (Lipinski definition) is 1. The first kappa shape index (κ1) is 20.4. The monoisotopic (exact) mass is 444 g/mol. The molecule has 0 amide bonds. The fraction of sp³-hybridized carbons (Fsp3) is 0.182. The van der Waals surface area contributed by atoms with Gasteiger partial charge < -0.3 is 14.0 Å². The van der Waals surface area contributed by atoms with E-state index in [1.165, 1.54) is 26.4 Å². The van der Waals surface area contributed by atoms with Crippen LogP contribution in [0, 0.1) is 0 Å². The average Bonchev–Trinajstić information content (AvgIpc) is 3.06. The number of rotatable bonds is 6. The van der Waals surface area contributed by atoms with Crippen molar-refractivity contribution in [2.75, 3.05) is 18.9 Å². The lowest BCUT2D eigenvalue weighted by atomic mass is 10.1. The van der Waals surface area contributed by atoms with Crippen LogP contribution in [0.15, 0.2) is 59.5 Å². The van der Waals surface area contributed by atoms with E-state index in [0.29, 0.717) is 11.5 Å². The Hall–Kier alpha value is -2.90. The fourth-order valence-corrected chi connectivity index (χ4v) is 5.01. The van der Waals surface area contributed by atoms with E-state index in [1.54, 1.807) is 12.1 Å². The molecule has 8 heteroatoms. The first-order chi connectivity index (χ1) is 14.4. The number of sulfonamides is 1. The van der Waals surface area contributed by atoms with E-state index < -0.39 is 10.0 Å². The van der Waals surface area contributed by atoms with Gasteiger partial charge >= 0.3 is 0 Å². The Morgan fingerprint density at radius 2 is 1.63 bits per heavy atom. The summed E-state index contributed by atoms with van der Waals surface area (Å²) in [6, 6.07) is 16.1. The highest BCUT2D eigenvalue weighted by molar-refractivity contribution is 7.92. The number of methoxy groups -OCH3 is 2. The van der Waals surface area contributed by atoms with Gasteiger partial charge in [0.25, 0.3) is 10.0 Å². The highest BCUT2D eigenvalue weighted by Gasteiger charge is 2.20. The molecule has 30 heavy (non-hydrogen) atoms. The number of aromatic nitrogens is 1. The van der Waals surface area contributed by atoms with Crippen LogP contribution in [-0.4, -0.2) is 27.2 Å². The molecule has 0 aliphatic rings. The van der Waals surface area contributed by atoms with Crippen LogP contribution in [-0.2, 0) is 16.6 Å². The molecule has 0 fully saturated rings. The number of nitrogens with zero attached hydrogens (tertiary/aromatic N) is 1. The molecular formula is C22H21ClN2O4S. The van der Waals surface area contributed by atoms with Crippen LogP contribution in [0.3, 0.4) is 0 Å². The van der Waals surface area contributed by atoms with Crippen molar-refractivity contribution < 1.29 is 17.9 Å². The Bertz CT molecular complexity index is 1360. The van der Waals surface area contributed by atoms with Crippen molar-refractivity contribution >= 4 is 49.1 Å². The summed E-state index contributed by atoms with van der Waals surface area (Å²) in [6.45, 7) is 2.85. The molecule has 1 heterocycles. The van der Waals surface area contributed by atoms with Gasteiger partial charge in [-0.1, -0.05) is 29.8 Å². The van der Waals surface area contributed by atoms with E-state index in [9.17, 15) is 8.42 Å². The molecule has 0 spiro atoms. The van der Waals surface area contributed by atoms with E-state index in [1.807, 2.05) is 30.3 Å². The zero-order valence-electron chi connectivity index (χ0n) is 16.8. The smallest absolute Gasteiger partial charge is 0.262 e. The number of halogens is 1. The second-order valence-electron chi connectivity index (χ2n) is 6.73. The van der Waals surface area contributed by atoms with Gasteiger partial charge in [-0.3, -0.25) is 4.72 Å². The maximum atomic E-state index is 13.1. The topological polar surface area (TPSA) is 69.6 Å². The van der Waals surface area contributed by atoms with Crippen molar-refractivity contribution in [3.63, 3.8) is 0 Å². The Balaban J connectivity index is 1.82. The van der Waals surface area contributed by atoms with E-state index >= 15 is 0 Å². The molecule has 0 saturated heterocycles. The van der Waals surface area contributed by atoms with E-state index in [2.05, 4.69) is 16.2 Å².